The summed E-state index contributed by atoms with van der Waals surface area (Å²) >= 11 is 0. The average Bonchev–Trinajstić information content (AvgIpc) is 2.83. The molecule has 1 amide bonds. The van der Waals surface area contributed by atoms with E-state index in [9.17, 15) is 4.79 Å². The SMILES string of the molecule is CN=C(NCCc1nc(C)no1)NC1CN(C(=O)OC(C)(C)C)C1.I. The van der Waals surface area contributed by atoms with Crippen LogP contribution in [0.4, 0.5) is 4.79 Å². The first-order valence-electron chi connectivity index (χ1n) is 8.01. The summed E-state index contributed by atoms with van der Waals surface area (Å²) in [6.07, 6.45) is 0.339. The van der Waals surface area contributed by atoms with Gasteiger partial charge < -0.3 is 24.8 Å². The van der Waals surface area contributed by atoms with Crippen LogP contribution in [0, 0.1) is 6.92 Å². The zero-order valence-corrected chi connectivity index (χ0v) is 17.7. The highest BCUT2D eigenvalue weighted by molar-refractivity contribution is 14.0. The van der Waals surface area contributed by atoms with E-state index in [0.29, 0.717) is 43.7 Å². The van der Waals surface area contributed by atoms with Crippen LogP contribution in [0.25, 0.3) is 0 Å². The van der Waals surface area contributed by atoms with Gasteiger partial charge in [-0.1, -0.05) is 5.16 Å². The van der Waals surface area contributed by atoms with Gasteiger partial charge in [-0.15, -0.1) is 24.0 Å². The number of ether oxygens (including phenoxy) is 1. The van der Waals surface area contributed by atoms with Crippen LogP contribution in [-0.2, 0) is 11.2 Å². The molecule has 0 aliphatic carbocycles. The first kappa shape index (κ1) is 21.5. The number of likely N-dealkylation sites (tertiary alicyclic amines) is 1. The lowest BCUT2D eigenvalue weighted by molar-refractivity contribution is 0.00701. The minimum absolute atomic E-state index is 0. The van der Waals surface area contributed by atoms with Gasteiger partial charge in [0.15, 0.2) is 11.8 Å². The number of carbonyl (C=O) groups is 1. The molecule has 0 radical (unpaired) electrons. The number of nitrogens with zero attached hydrogens (tertiary/aromatic N) is 4. The number of halogens is 1. The van der Waals surface area contributed by atoms with Crippen LogP contribution in [0.1, 0.15) is 32.5 Å². The predicted molar refractivity (Wildman–Crippen MR) is 104 cm³/mol. The minimum atomic E-state index is -0.472. The average molecular weight is 466 g/mol. The van der Waals surface area contributed by atoms with E-state index >= 15 is 0 Å². The fourth-order valence-electron chi connectivity index (χ4n) is 2.16. The van der Waals surface area contributed by atoms with E-state index in [2.05, 4.69) is 25.8 Å². The first-order chi connectivity index (χ1) is 11.3. The second-order valence-corrected chi connectivity index (χ2v) is 6.71. The Morgan fingerprint density at radius 2 is 2.12 bits per heavy atom. The number of nitrogens with one attached hydrogen (secondary N) is 2. The summed E-state index contributed by atoms with van der Waals surface area (Å²) in [6.45, 7) is 9.18. The highest BCUT2D eigenvalue weighted by Crippen LogP contribution is 2.15. The van der Waals surface area contributed by atoms with Gasteiger partial charge in [-0.2, -0.15) is 4.98 Å². The Morgan fingerprint density at radius 3 is 2.64 bits per heavy atom. The van der Waals surface area contributed by atoms with Crippen molar-refractivity contribution in [2.45, 2.75) is 45.8 Å². The molecule has 2 N–H and O–H groups in total. The summed E-state index contributed by atoms with van der Waals surface area (Å²) in [6, 6.07) is 0.161. The zero-order valence-electron chi connectivity index (χ0n) is 15.3. The standard InChI is InChI=1S/C15H26N6O3.HI/c1-10-18-12(24-20-10)6-7-17-13(16-5)19-11-8-21(9-11)14(22)23-15(2,3)4;/h11H,6-9H2,1-5H3,(H2,16,17,19);1H. The van der Waals surface area contributed by atoms with Crippen molar-refractivity contribution < 1.29 is 14.1 Å². The number of aryl methyl sites for hydroxylation is 1. The van der Waals surface area contributed by atoms with Gasteiger partial charge in [-0.3, -0.25) is 4.99 Å². The van der Waals surface area contributed by atoms with E-state index in [0.717, 1.165) is 0 Å². The minimum Gasteiger partial charge on any atom is -0.444 e. The number of hydrogen-bond acceptors (Lipinski definition) is 6. The van der Waals surface area contributed by atoms with E-state index in [1.165, 1.54) is 0 Å². The number of aromatic nitrogens is 2. The summed E-state index contributed by atoms with van der Waals surface area (Å²) in [5, 5.41) is 10.2. The topological polar surface area (TPSA) is 105 Å². The Bertz CT molecular complexity index is 592. The lowest BCUT2D eigenvalue weighted by Gasteiger charge is -2.40. The van der Waals surface area contributed by atoms with Crippen molar-refractivity contribution >= 4 is 36.0 Å². The molecule has 2 heterocycles. The lowest BCUT2D eigenvalue weighted by atomic mass is 10.1. The second kappa shape index (κ2) is 9.20. The molecule has 0 bridgehead atoms. The van der Waals surface area contributed by atoms with Gasteiger partial charge in [-0.05, 0) is 27.7 Å². The molecule has 25 heavy (non-hydrogen) atoms. The molecule has 1 fully saturated rings. The maximum atomic E-state index is 11.9. The normalized spacial score (nSPS) is 15.2. The van der Waals surface area contributed by atoms with Crippen molar-refractivity contribution in [2.75, 3.05) is 26.7 Å². The van der Waals surface area contributed by atoms with Gasteiger partial charge in [0.25, 0.3) is 0 Å². The highest BCUT2D eigenvalue weighted by atomic mass is 127. The molecule has 0 aromatic carbocycles. The molecule has 1 aromatic heterocycles. The van der Waals surface area contributed by atoms with Crippen molar-refractivity contribution in [2.24, 2.45) is 4.99 Å². The van der Waals surface area contributed by atoms with Gasteiger partial charge >= 0.3 is 6.09 Å². The predicted octanol–water partition coefficient (Wildman–Crippen LogP) is 1.32. The molecular weight excluding hydrogens is 439 g/mol. The van der Waals surface area contributed by atoms with Gasteiger partial charge in [0.2, 0.25) is 5.89 Å². The first-order valence-corrected chi connectivity index (χ1v) is 8.01. The van der Waals surface area contributed by atoms with Crippen LogP contribution >= 0.6 is 24.0 Å². The molecule has 2 rings (SSSR count). The van der Waals surface area contributed by atoms with E-state index in [1.54, 1.807) is 18.9 Å². The van der Waals surface area contributed by atoms with Crippen LogP contribution in [-0.4, -0.2) is 65.4 Å². The van der Waals surface area contributed by atoms with Crippen LogP contribution in [0.15, 0.2) is 9.52 Å². The molecule has 1 aliphatic rings. The molecular formula is C15H27IN6O3. The number of amides is 1. The van der Waals surface area contributed by atoms with Crippen molar-refractivity contribution in [3.8, 4) is 0 Å². The quantitative estimate of drug-likeness (QED) is 0.392. The molecule has 1 saturated heterocycles. The summed E-state index contributed by atoms with van der Waals surface area (Å²) in [5.41, 5.74) is -0.472. The fourth-order valence-corrected chi connectivity index (χ4v) is 2.16. The molecule has 0 spiro atoms. The number of rotatable bonds is 4. The van der Waals surface area contributed by atoms with Crippen molar-refractivity contribution in [1.29, 1.82) is 0 Å². The van der Waals surface area contributed by atoms with Crippen molar-refractivity contribution in [1.82, 2.24) is 25.7 Å². The Balaban J connectivity index is 0.00000312. The summed E-state index contributed by atoms with van der Waals surface area (Å²) in [4.78, 5) is 21.9. The molecule has 0 atom stereocenters. The third-order valence-electron chi connectivity index (χ3n) is 3.30. The maximum absolute atomic E-state index is 11.9. The maximum Gasteiger partial charge on any atom is 0.410 e. The van der Waals surface area contributed by atoms with Crippen LogP contribution in [0.3, 0.4) is 0 Å². The monoisotopic (exact) mass is 466 g/mol. The van der Waals surface area contributed by atoms with E-state index in [1.807, 2.05) is 20.8 Å². The van der Waals surface area contributed by atoms with Crippen LogP contribution in [0.2, 0.25) is 0 Å². The molecule has 10 heteroatoms. The van der Waals surface area contributed by atoms with Gasteiger partial charge in [-0.25, -0.2) is 4.79 Å². The van der Waals surface area contributed by atoms with E-state index < -0.39 is 5.60 Å². The molecule has 1 aliphatic heterocycles. The number of guanidine groups is 1. The summed E-state index contributed by atoms with van der Waals surface area (Å²) in [5.74, 6) is 1.90. The van der Waals surface area contributed by atoms with E-state index in [-0.39, 0.29) is 36.1 Å². The molecule has 1 aromatic rings. The Hall–Kier alpha value is -1.59. The zero-order chi connectivity index (χ0) is 17.7. The molecule has 9 nitrogen and oxygen atoms in total. The van der Waals surface area contributed by atoms with Gasteiger partial charge in [0.1, 0.15) is 5.60 Å². The van der Waals surface area contributed by atoms with Crippen LogP contribution in [0.5, 0.6) is 0 Å². The second-order valence-electron chi connectivity index (χ2n) is 6.71. The Kier molecular flexibility index (Phi) is 7.90. The lowest BCUT2D eigenvalue weighted by Crippen LogP contribution is -2.63. The summed E-state index contributed by atoms with van der Waals surface area (Å²) < 4.78 is 10.4. The fraction of sp³-hybridized carbons (Fsp3) is 0.733. The third kappa shape index (κ3) is 7.04. The third-order valence-corrected chi connectivity index (χ3v) is 3.30. The number of carbonyl (C=O) groups excluding carboxylic acids is 1. The molecule has 0 saturated carbocycles. The smallest absolute Gasteiger partial charge is 0.410 e. The van der Waals surface area contributed by atoms with Crippen LogP contribution < -0.4 is 10.6 Å². The summed E-state index contributed by atoms with van der Waals surface area (Å²) in [7, 11) is 1.70. The Morgan fingerprint density at radius 1 is 1.44 bits per heavy atom. The van der Waals surface area contributed by atoms with Gasteiger partial charge in [0, 0.05) is 33.1 Å². The van der Waals surface area contributed by atoms with Gasteiger partial charge in [0.05, 0.1) is 6.04 Å². The molecule has 0 unspecified atom stereocenters. The highest BCUT2D eigenvalue weighted by Gasteiger charge is 2.34. The van der Waals surface area contributed by atoms with Crippen molar-refractivity contribution in [3.05, 3.63) is 11.7 Å². The van der Waals surface area contributed by atoms with Crippen molar-refractivity contribution in [3.63, 3.8) is 0 Å². The largest absolute Gasteiger partial charge is 0.444 e. The number of aliphatic imine (C=N–C) groups is 1. The van der Waals surface area contributed by atoms with E-state index in [4.69, 9.17) is 9.26 Å². The Labute approximate surface area is 165 Å². The molecule has 142 valence electrons. The number of hydrogen-bond donors (Lipinski definition) is 2.